The Bertz CT molecular complexity index is 920. The van der Waals surface area contributed by atoms with E-state index < -0.39 is 0 Å². The number of fused-ring (bicyclic) bond motifs is 1. The van der Waals surface area contributed by atoms with Crippen molar-refractivity contribution < 1.29 is 4.79 Å². The Hall–Kier alpha value is -2.35. The van der Waals surface area contributed by atoms with E-state index in [1.165, 1.54) is 41.2 Å². The number of likely N-dealkylation sites (N-methyl/N-ethyl adjacent to an activating group) is 1. The molecule has 2 aromatic carbocycles. The second-order valence-electron chi connectivity index (χ2n) is 9.32. The first-order valence-electron chi connectivity index (χ1n) is 10.3. The fourth-order valence-corrected chi connectivity index (χ4v) is 4.45. The number of rotatable bonds is 4. The van der Waals surface area contributed by atoms with Gasteiger partial charge in [0.15, 0.2) is 0 Å². The Morgan fingerprint density at radius 1 is 1.07 bits per heavy atom. The van der Waals surface area contributed by atoms with E-state index in [1.807, 2.05) is 19.1 Å². The van der Waals surface area contributed by atoms with E-state index in [9.17, 15) is 4.79 Å². The molecule has 2 nitrogen and oxygen atoms in total. The van der Waals surface area contributed by atoms with E-state index in [2.05, 4.69) is 65.5 Å². The number of hydrogen-bond acceptors (Lipinski definition) is 1. The highest BCUT2D eigenvalue weighted by atomic mass is 16.2. The van der Waals surface area contributed by atoms with E-state index in [-0.39, 0.29) is 16.7 Å². The predicted octanol–water partition coefficient (Wildman–Crippen LogP) is 6.55. The van der Waals surface area contributed by atoms with Crippen LogP contribution in [0.4, 0.5) is 5.69 Å². The normalized spacial score (nSPS) is 16.9. The topological polar surface area (TPSA) is 20.3 Å². The lowest BCUT2D eigenvalue weighted by Gasteiger charge is -2.42. The molecule has 0 aliphatic heterocycles. The van der Waals surface area contributed by atoms with Gasteiger partial charge in [-0.3, -0.25) is 4.79 Å². The van der Waals surface area contributed by atoms with Crippen LogP contribution in [0.2, 0.25) is 0 Å². The second kappa shape index (κ2) is 7.24. The summed E-state index contributed by atoms with van der Waals surface area (Å²) in [6.45, 7) is 17.9. The maximum Gasteiger partial charge on any atom is 0.250 e. The first-order chi connectivity index (χ1) is 13.1. The minimum absolute atomic E-state index is 0.0651. The van der Waals surface area contributed by atoms with Crippen molar-refractivity contribution in [2.45, 2.75) is 65.2 Å². The molecule has 0 atom stereocenters. The number of carbonyl (C=O) groups excluding carboxylic acids is 1. The average molecular weight is 376 g/mol. The lowest BCUT2D eigenvalue weighted by atomic mass is 9.62. The summed E-state index contributed by atoms with van der Waals surface area (Å²) < 4.78 is 0. The molecule has 2 heteroatoms. The van der Waals surface area contributed by atoms with Gasteiger partial charge >= 0.3 is 0 Å². The highest BCUT2D eigenvalue weighted by Crippen LogP contribution is 2.47. The molecule has 1 aliphatic carbocycles. The summed E-state index contributed by atoms with van der Waals surface area (Å²) in [7, 11) is 0. The van der Waals surface area contributed by atoms with Gasteiger partial charge in [-0.25, -0.2) is 0 Å². The van der Waals surface area contributed by atoms with Crippen LogP contribution < -0.4 is 4.90 Å². The first-order valence-corrected chi connectivity index (χ1v) is 10.3. The number of hydrogen-bond donors (Lipinski definition) is 0. The van der Waals surface area contributed by atoms with Crippen LogP contribution in [0.5, 0.6) is 0 Å². The number of aryl methyl sites for hydroxylation is 1. The maximum atomic E-state index is 12.2. The highest BCUT2D eigenvalue weighted by molar-refractivity contribution is 6.01. The van der Waals surface area contributed by atoms with Crippen molar-refractivity contribution in [3.63, 3.8) is 0 Å². The van der Waals surface area contributed by atoms with Crippen LogP contribution in [0, 0.1) is 6.92 Å². The molecule has 0 saturated heterocycles. The van der Waals surface area contributed by atoms with E-state index in [1.54, 1.807) is 4.90 Å². The molecule has 0 unspecified atom stereocenters. The van der Waals surface area contributed by atoms with Gasteiger partial charge in [-0.05, 0) is 83.5 Å². The summed E-state index contributed by atoms with van der Waals surface area (Å²) in [4.78, 5) is 14.0. The largest absolute Gasteiger partial charge is 0.309 e. The third-order valence-electron chi connectivity index (χ3n) is 6.42. The molecule has 3 rings (SSSR count). The second-order valence-corrected chi connectivity index (χ2v) is 9.32. The predicted molar refractivity (Wildman–Crippen MR) is 120 cm³/mol. The Balaban J connectivity index is 2.14. The summed E-state index contributed by atoms with van der Waals surface area (Å²) in [5.41, 5.74) is 7.97. The molecule has 28 heavy (non-hydrogen) atoms. The smallest absolute Gasteiger partial charge is 0.250 e. The Morgan fingerprint density at radius 2 is 1.68 bits per heavy atom. The maximum absolute atomic E-state index is 12.2. The summed E-state index contributed by atoms with van der Waals surface area (Å²) >= 11 is 0. The standard InChI is InChI=1S/C26H33NO/c1-8-24(28)27(9-2)20-12-10-11-19(16-20)21-17-23-22(15-18(21)3)25(4,5)13-14-26(23,6)7/h8,10-12,15-17H,1,9,13-14H2,2-7H3. The molecule has 0 N–H and O–H groups in total. The van der Waals surface area contributed by atoms with Crippen molar-refractivity contribution in [3.05, 3.63) is 65.7 Å². The summed E-state index contributed by atoms with van der Waals surface area (Å²) in [6, 6.07) is 13.1. The van der Waals surface area contributed by atoms with Crippen LogP contribution >= 0.6 is 0 Å². The van der Waals surface area contributed by atoms with Gasteiger partial charge in [-0.1, -0.05) is 58.5 Å². The molecular formula is C26H33NO. The quantitative estimate of drug-likeness (QED) is 0.555. The van der Waals surface area contributed by atoms with E-state index in [4.69, 9.17) is 0 Å². The molecule has 1 aliphatic rings. The molecule has 0 heterocycles. The molecule has 0 spiro atoms. The SMILES string of the molecule is C=CC(=O)N(CC)c1cccc(-c2cc3c(cc2C)C(C)(C)CCC3(C)C)c1. The number of nitrogens with zero attached hydrogens (tertiary/aromatic N) is 1. The minimum Gasteiger partial charge on any atom is -0.309 e. The van der Waals surface area contributed by atoms with Gasteiger partial charge in [0.25, 0.3) is 0 Å². The molecule has 0 aromatic heterocycles. The summed E-state index contributed by atoms with van der Waals surface area (Å²) in [5, 5.41) is 0. The van der Waals surface area contributed by atoms with E-state index in [0.29, 0.717) is 6.54 Å². The molecule has 0 bridgehead atoms. The van der Waals surface area contributed by atoms with E-state index >= 15 is 0 Å². The number of benzene rings is 2. The summed E-state index contributed by atoms with van der Waals surface area (Å²) in [6.07, 6.45) is 3.80. The molecule has 2 aromatic rings. The van der Waals surface area contributed by atoms with Gasteiger partial charge in [-0.15, -0.1) is 0 Å². The average Bonchev–Trinajstić information content (AvgIpc) is 2.66. The Labute approximate surface area is 170 Å². The molecule has 148 valence electrons. The monoisotopic (exact) mass is 375 g/mol. The van der Waals surface area contributed by atoms with Crippen LogP contribution in [-0.4, -0.2) is 12.5 Å². The van der Waals surface area contributed by atoms with Crippen LogP contribution in [0.1, 0.15) is 64.2 Å². The molecular weight excluding hydrogens is 342 g/mol. The van der Waals surface area contributed by atoms with Gasteiger partial charge in [0.1, 0.15) is 0 Å². The highest BCUT2D eigenvalue weighted by Gasteiger charge is 2.37. The molecule has 0 radical (unpaired) electrons. The van der Waals surface area contributed by atoms with Crippen LogP contribution in [0.3, 0.4) is 0 Å². The zero-order chi connectivity index (χ0) is 20.7. The van der Waals surface area contributed by atoms with Gasteiger partial charge in [0.05, 0.1) is 0 Å². The van der Waals surface area contributed by atoms with Gasteiger partial charge in [0, 0.05) is 12.2 Å². The minimum atomic E-state index is -0.0651. The van der Waals surface area contributed by atoms with Crippen LogP contribution in [-0.2, 0) is 15.6 Å². The lowest BCUT2D eigenvalue weighted by molar-refractivity contribution is -0.114. The number of amides is 1. The van der Waals surface area contributed by atoms with Crippen molar-refractivity contribution in [2.75, 3.05) is 11.4 Å². The van der Waals surface area contributed by atoms with Crippen LogP contribution in [0.25, 0.3) is 11.1 Å². The fourth-order valence-electron chi connectivity index (χ4n) is 4.45. The third-order valence-corrected chi connectivity index (χ3v) is 6.42. The van der Waals surface area contributed by atoms with Crippen molar-refractivity contribution in [1.29, 1.82) is 0 Å². The zero-order valence-corrected chi connectivity index (χ0v) is 18.2. The fraction of sp³-hybridized carbons (Fsp3) is 0.423. The van der Waals surface area contributed by atoms with Crippen LogP contribution in [0.15, 0.2) is 49.1 Å². The summed E-state index contributed by atoms with van der Waals surface area (Å²) in [5.74, 6) is -0.0651. The molecule has 1 amide bonds. The number of anilines is 1. The third kappa shape index (κ3) is 3.53. The van der Waals surface area contributed by atoms with Crippen molar-refractivity contribution >= 4 is 11.6 Å². The van der Waals surface area contributed by atoms with E-state index in [0.717, 1.165) is 11.3 Å². The zero-order valence-electron chi connectivity index (χ0n) is 18.2. The Kier molecular flexibility index (Phi) is 5.27. The van der Waals surface area contributed by atoms with Crippen molar-refractivity contribution in [3.8, 4) is 11.1 Å². The Morgan fingerprint density at radius 3 is 2.25 bits per heavy atom. The van der Waals surface area contributed by atoms with Gasteiger partial charge in [-0.2, -0.15) is 0 Å². The molecule has 0 saturated carbocycles. The van der Waals surface area contributed by atoms with Crippen molar-refractivity contribution in [1.82, 2.24) is 0 Å². The van der Waals surface area contributed by atoms with Gasteiger partial charge in [0.2, 0.25) is 5.91 Å². The molecule has 0 fully saturated rings. The van der Waals surface area contributed by atoms with Crippen molar-refractivity contribution in [2.24, 2.45) is 0 Å². The van der Waals surface area contributed by atoms with Gasteiger partial charge < -0.3 is 4.90 Å². The lowest BCUT2D eigenvalue weighted by Crippen LogP contribution is -2.34. The first kappa shape index (κ1) is 20.4. The number of carbonyl (C=O) groups is 1.